The van der Waals surface area contributed by atoms with E-state index in [1.54, 1.807) is 12.0 Å². The fourth-order valence-electron chi connectivity index (χ4n) is 4.06. The van der Waals surface area contributed by atoms with Crippen LogP contribution in [-0.4, -0.2) is 28.2 Å². The number of H-pyrrole nitrogens is 1. The molecule has 6 nitrogen and oxygen atoms in total. The predicted octanol–water partition coefficient (Wildman–Crippen LogP) is 5.08. The van der Waals surface area contributed by atoms with Crippen LogP contribution in [0.5, 0.6) is 5.75 Å². The molecule has 3 heterocycles. The summed E-state index contributed by atoms with van der Waals surface area (Å²) in [6, 6.07) is 15.4. The molecule has 0 saturated heterocycles. The van der Waals surface area contributed by atoms with Crippen molar-refractivity contribution < 1.29 is 9.53 Å². The van der Waals surface area contributed by atoms with Crippen LogP contribution in [-0.2, 0) is 5.41 Å². The number of para-hydroxylation sites is 2. The van der Waals surface area contributed by atoms with Gasteiger partial charge in [-0.3, -0.25) is 14.8 Å². The van der Waals surface area contributed by atoms with Crippen LogP contribution in [0.25, 0.3) is 10.2 Å². The van der Waals surface area contributed by atoms with Gasteiger partial charge in [-0.2, -0.15) is 5.10 Å². The number of thiazole rings is 1. The summed E-state index contributed by atoms with van der Waals surface area (Å²) in [6.07, 6.45) is 0. The number of aromatic amines is 1. The van der Waals surface area contributed by atoms with Gasteiger partial charge in [0, 0.05) is 22.2 Å². The molecule has 1 N–H and O–H groups in total. The average molecular weight is 419 g/mol. The molecule has 0 radical (unpaired) electrons. The van der Waals surface area contributed by atoms with Gasteiger partial charge in [0.2, 0.25) is 0 Å². The average Bonchev–Trinajstić information content (AvgIpc) is 3.40. The lowest BCUT2D eigenvalue weighted by atomic mass is 9.85. The molecule has 0 aliphatic carbocycles. The van der Waals surface area contributed by atoms with Crippen LogP contribution in [0.2, 0.25) is 0 Å². The van der Waals surface area contributed by atoms with Crippen LogP contribution in [0.4, 0.5) is 5.13 Å². The molecule has 1 unspecified atom stereocenters. The van der Waals surface area contributed by atoms with Gasteiger partial charge in [-0.15, -0.1) is 0 Å². The van der Waals surface area contributed by atoms with E-state index in [0.717, 1.165) is 32.8 Å². The van der Waals surface area contributed by atoms with Crippen molar-refractivity contribution in [3.05, 3.63) is 71.0 Å². The van der Waals surface area contributed by atoms with Crippen LogP contribution >= 0.6 is 11.3 Å². The van der Waals surface area contributed by atoms with Crippen molar-refractivity contribution >= 4 is 32.6 Å². The molecule has 1 aliphatic rings. The van der Waals surface area contributed by atoms with Crippen LogP contribution in [0, 0.1) is 0 Å². The summed E-state index contributed by atoms with van der Waals surface area (Å²) >= 11 is 1.51. The lowest BCUT2D eigenvalue weighted by Crippen LogP contribution is -2.30. The summed E-state index contributed by atoms with van der Waals surface area (Å²) in [5.74, 6) is 0.585. The molecule has 1 atom stereocenters. The Kier molecular flexibility index (Phi) is 4.18. The van der Waals surface area contributed by atoms with Gasteiger partial charge < -0.3 is 4.74 Å². The molecule has 2 aromatic carbocycles. The van der Waals surface area contributed by atoms with Crippen molar-refractivity contribution in [2.45, 2.75) is 32.2 Å². The van der Waals surface area contributed by atoms with Gasteiger partial charge in [0.15, 0.2) is 10.8 Å². The zero-order valence-electron chi connectivity index (χ0n) is 17.3. The first kappa shape index (κ1) is 18.8. The molecule has 1 amide bonds. The van der Waals surface area contributed by atoms with E-state index < -0.39 is 0 Å². The van der Waals surface area contributed by atoms with Crippen LogP contribution < -0.4 is 9.64 Å². The molecule has 0 fully saturated rings. The molecule has 7 heteroatoms. The number of nitrogens with one attached hydrogen (secondary N) is 1. The number of hydrogen-bond acceptors (Lipinski definition) is 5. The fraction of sp³-hybridized carbons (Fsp3) is 0.261. The third kappa shape index (κ3) is 2.73. The lowest BCUT2D eigenvalue weighted by Gasteiger charge is -2.27. The normalized spacial score (nSPS) is 16.3. The van der Waals surface area contributed by atoms with Gasteiger partial charge in [-0.05, 0) is 18.2 Å². The Labute approximate surface area is 178 Å². The first-order valence-corrected chi connectivity index (χ1v) is 10.6. The SMILES string of the molecule is COc1ccccc1C1c2c(n[nH]c2C(C)(C)C)C(=O)N1c1nc2ccccc2s1. The van der Waals surface area contributed by atoms with E-state index in [-0.39, 0.29) is 17.4 Å². The van der Waals surface area contributed by atoms with Crippen LogP contribution in [0.1, 0.15) is 54.1 Å². The minimum Gasteiger partial charge on any atom is -0.496 e. The Morgan fingerprint density at radius 2 is 1.83 bits per heavy atom. The first-order chi connectivity index (χ1) is 14.4. The Morgan fingerprint density at radius 3 is 2.57 bits per heavy atom. The van der Waals surface area contributed by atoms with E-state index in [0.29, 0.717) is 10.8 Å². The third-order valence-corrected chi connectivity index (χ3v) is 6.46. The smallest absolute Gasteiger partial charge is 0.281 e. The maximum Gasteiger partial charge on any atom is 0.281 e. The zero-order valence-corrected chi connectivity index (χ0v) is 18.1. The highest BCUT2D eigenvalue weighted by molar-refractivity contribution is 7.22. The number of nitrogens with zero attached hydrogens (tertiary/aromatic N) is 3. The number of rotatable bonds is 3. The Balaban J connectivity index is 1.77. The van der Waals surface area contributed by atoms with Crippen molar-refractivity contribution in [2.24, 2.45) is 0 Å². The standard InChI is InChI=1S/C23H22N4O2S/c1-23(2,3)20-17-18(25-26-20)21(28)27(19(17)13-9-5-7-11-15(13)29-4)22-24-14-10-6-8-12-16(14)30-22/h5-12,19H,1-4H3,(H,25,26). The number of fused-ring (bicyclic) bond motifs is 2. The molecule has 1 aliphatic heterocycles. The summed E-state index contributed by atoms with van der Waals surface area (Å²) in [7, 11) is 1.65. The molecule has 4 aromatic rings. The largest absolute Gasteiger partial charge is 0.496 e. The second kappa shape index (κ2) is 6.67. The number of benzene rings is 2. The van der Waals surface area contributed by atoms with Gasteiger partial charge in [0.05, 0.1) is 23.4 Å². The maximum atomic E-state index is 13.6. The maximum absolute atomic E-state index is 13.6. The van der Waals surface area contributed by atoms with Crippen molar-refractivity contribution in [3.8, 4) is 5.75 Å². The second-order valence-electron chi connectivity index (χ2n) is 8.39. The highest BCUT2D eigenvalue weighted by Crippen LogP contribution is 2.48. The number of methoxy groups -OCH3 is 1. The molecule has 30 heavy (non-hydrogen) atoms. The van der Waals surface area contributed by atoms with Crippen molar-refractivity contribution in [2.75, 3.05) is 12.0 Å². The van der Waals surface area contributed by atoms with Crippen molar-refractivity contribution in [3.63, 3.8) is 0 Å². The molecule has 0 saturated carbocycles. The van der Waals surface area contributed by atoms with Crippen LogP contribution in [0.3, 0.4) is 0 Å². The van der Waals surface area contributed by atoms with E-state index in [4.69, 9.17) is 9.72 Å². The summed E-state index contributed by atoms with van der Waals surface area (Å²) < 4.78 is 6.71. The Bertz CT molecular complexity index is 1230. The van der Waals surface area contributed by atoms with Gasteiger partial charge >= 0.3 is 0 Å². The number of ether oxygens (including phenoxy) is 1. The van der Waals surface area contributed by atoms with E-state index >= 15 is 0 Å². The number of carbonyl (C=O) groups is 1. The minimum atomic E-state index is -0.364. The molecular weight excluding hydrogens is 396 g/mol. The van der Waals surface area contributed by atoms with Gasteiger partial charge in [0.25, 0.3) is 5.91 Å². The Morgan fingerprint density at radius 1 is 1.10 bits per heavy atom. The number of aromatic nitrogens is 3. The molecular formula is C23H22N4O2S. The third-order valence-electron chi connectivity index (χ3n) is 5.43. The highest BCUT2D eigenvalue weighted by atomic mass is 32.1. The second-order valence-corrected chi connectivity index (χ2v) is 9.40. The summed E-state index contributed by atoms with van der Waals surface area (Å²) in [6.45, 7) is 6.35. The van der Waals surface area contributed by atoms with Crippen molar-refractivity contribution in [1.29, 1.82) is 0 Å². The van der Waals surface area contributed by atoms with Gasteiger partial charge in [0.1, 0.15) is 5.75 Å². The number of amides is 1. The highest BCUT2D eigenvalue weighted by Gasteiger charge is 2.46. The van der Waals surface area contributed by atoms with E-state index in [2.05, 4.69) is 31.0 Å². The van der Waals surface area contributed by atoms with Crippen LogP contribution in [0.15, 0.2) is 48.5 Å². The van der Waals surface area contributed by atoms with E-state index in [1.165, 1.54) is 11.3 Å². The first-order valence-electron chi connectivity index (χ1n) is 9.81. The zero-order chi connectivity index (χ0) is 21.0. The van der Waals surface area contributed by atoms with E-state index in [9.17, 15) is 4.79 Å². The molecule has 152 valence electrons. The molecule has 0 spiro atoms. The quantitative estimate of drug-likeness (QED) is 0.504. The number of hydrogen-bond donors (Lipinski definition) is 1. The van der Waals surface area contributed by atoms with E-state index in [1.807, 2.05) is 48.5 Å². The summed E-state index contributed by atoms with van der Waals surface area (Å²) in [4.78, 5) is 20.1. The fourth-order valence-corrected chi connectivity index (χ4v) is 5.05. The summed E-state index contributed by atoms with van der Waals surface area (Å²) in [5, 5.41) is 8.21. The minimum absolute atomic E-state index is 0.147. The van der Waals surface area contributed by atoms with Crippen molar-refractivity contribution in [1.82, 2.24) is 15.2 Å². The Hall–Kier alpha value is -3.19. The number of carbonyl (C=O) groups excluding carboxylic acids is 1. The monoisotopic (exact) mass is 418 g/mol. The lowest BCUT2D eigenvalue weighted by molar-refractivity contribution is 0.0988. The van der Waals surface area contributed by atoms with Gasteiger partial charge in [-0.25, -0.2) is 4.98 Å². The predicted molar refractivity (Wildman–Crippen MR) is 119 cm³/mol. The van der Waals surface area contributed by atoms with Gasteiger partial charge in [-0.1, -0.05) is 62.4 Å². The number of anilines is 1. The topological polar surface area (TPSA) is 71.1 Å². The molecule has 2 aromatic heterocycles. The molecule has 5 rings (SSSR count). The summed E-state index contributed by atoms with van der Waals surface area (Å²) in [5.41, 5.74) is 3.89. The molecule has 0 bridgehead atoms.